The van der Waals surface area contributed by atoms with Crippen molar-refractivity contribution in [3.05, 3.63) is 52.3 Å². The summed E-state index contributed by atoms with van der Waals surface area (Å²) < 4.78 is 5.74. The van der Waals surface area contributed by atoms with Crippen LogP contribution in [0, 0.1) is 0 Å². The van der Waals surface area contributed by atoms with E-state index in [0.717, 1.165) is 5.56 Å². The lowest BCUT2D eigenvalue weighted by atomic mass is 10.00. The number of hydrogen-bond acceptors (Lipinski definition) is 7. The molecule has 2 aromatic heterocycles. The van der Waals surface area contributed by atoms with Gasteiger partial charge in [0.25, 0.3) is 5.56 Å². The minimum Gasteiger partial charge on any atom is -0.493 e. The van der Waals surface area contributed by atoms with E-state index in [1.807, 2.05) is 6.92 Å². The molecule has 0 amide bonds. The summed E-state index contributed by atoms with van der Waals surface area (Å²) in [5, 5.41) is 19.2. The Kier molecular flexibility index (Phi) is 4.43. The summed E-state index contributed by atoms with van der Waals surface area (Å²) in [6.07, 6.45) is 0. The van der Waals surface area contributed by atoms with Crippen LogP contribution >= 0.6 is 0 Å². The molecule has 10 heteroatoms. The second-order valence-electron chi connectivity index (χ2n) is 6.17. The molecular weight excluding hydrogens is 376 g/mol. The molecule has 4 rings (SSSR count). The number of fused-ring (bicyclic) bond motifs is 1. The number of anilines is 1. The van der Waals surface area contributed by atoms with Gasteiger partial charge in [-0.05, 0) is 42.3 Å². The fraction of sp³-hybridized carbons (Fsp3) is 0.105. The van der Waals surface area contributed by atoms with Crippen molar-refractivity contribution in [1.29, 1.82) is 0 Å². The van der Waals surface area contributed by atoms with Crippen LogP contribution in [-0.4, -0.2) is 43.1 Å². The molecule has 4 aromatic rings. The third kappa shape index (κ3) is 3.27. The predicted molar refractivity (Wildman–Crippen MR) is 106 cm³/mol. The third-order valence-electron chi connectivity index (χ3n) is 4.35. The van der Waals surface area contributed by atoms with Crippen molar-refractivity contribution < 1.29 is 14.6 Å². The monoisotopic (exact) mass is 392 g/mol. The van der Waals surface area contributed by atoms with Gasteiger partial charge in [0, 0.05) is 5.69 Å². The smallest absolute Gasteiger partial charge is 0.337 e. The molecule has 29 heavy (non-hydrogen) atoms. The molecule has 0 saturated heterocycles. The third-order valence-corrected chi connectivity index (χ3v) is 4.35. The van der Waals surface area contributed by atoms with Crippen molar-refractivity contribution in [2.75, 3.05) is 12.3 Å². The molecule has 0 saturated carbocycles. The number of aromatic nitrogens is 5. The Morgan fingerprint density at radius 2 is 1.97 bits per heavy atom. The number of aromatic amines is 2. The number of carboxylic acid groups (broad SMARTS) is 1. The fourth-order valence-corrected chi connectivity index (χ4v) is 2.98. The van der Waals surface area contributed by atoms with Crippen molar-refractivity contribution in [2.24, 2.45) is 0 Å². The van der Waals surface area contributed by atoms with Crippen LogP contribution in [0.25, 0.3) is 33.7 Å². The Morgan fingerprint density at radius 3 is 2.72 bits per heavy atom. The minimum atomic E-state index is -1.10. The van der Waals surface area contributed by atoms with E-state index in [1.165, 1.54) is 6.07 Å². The summed E-state index contributed by atoms with van der Waals surface area (Å²) in [6, 6.07) is 10.1. The van der Waals surface area contributed by atoms with Gasteiger partial charge < -0.3 is 20.6 Å². The number of nitrogens with one attached hydrogen (secondary N) is 2. The largest absolute Gasteiger partial charge is 0.493 e. The first-order chi connectivity index (χ1) is 14.0. The van der Waals surface area contributed by atoms with Crippen molar-refractivity contribution >= 4 is 22.8 Å². The lowest BCUT2D eigenvalue weighted by Gasteiger charge is -2.13. The molecular formula is C19H16N6O4. The Hall–Kier alpha value is -4.21. The molecule has 146 valence electrons. The lowest BCUT2D eigenvalue weighted by Crippen LogP contribution is -2.10. The predicted octanol–water partition coefficient (Wildman–Crippen LogP) is 2.05. The van der Waals surface area contributed by atoms with E-state index in [0.29, 0.717) is 29.3 Å². The van der Waals surface area contributed by atoms with Gasteiger partial charge >= 0.3 is 5.97 Å². The number of nitrogen functional groups attached to an aromatic ring is 1. The van der Waals surface area contributed by atoms with Crippen LogP contribution in [-0.2, 0) is 0 Å². The molecule has 0 unspecified atom stereocenters. The van der Waals surface area contributed by atoms with Crippen LogP contribution in [0.5, 0.6) is 5.75 Å². The first-order valence-electron chi connectivity index (χ1n) is 8.69. The van der Waals surface area contributed by atoms with Crippen molar-refractivity contribution in [2.45, 2.75) is 6.92 Å². The molecule has 0 bridgehead atoms. The van der Waals surface area contributed by atoms with E-state index < -0.39 is 11.5 Å². The first-order valence-corrected chi connectivity index (χ1v) is 8.69. The number of aromatic carboxylic acids is 1. The van der Waals surface area contributed by atoms with Gasteiger partial charge in [-0.15, -0.1) is 5.10 Å². The summed E-state index contributed by atoms with van der Waals surface area (Å²) in [7, 11) is 0. The van der Waals surface area contributed by atoms with Crippen LogP contribution < -0.4 is 16.0 Å². The highest BCUT2D eigenvalue weighted by Crippen LogP contribution is 2.33. The van der Waals surface area contributed by atoms with E-state index in [2.05, 4.69) is 25.4 Å². The number of hydrogen-bond donors (Lipinski definition) is 4. The first kappa shape index (κ1) is 18.2. The number of rotatable bonds is 5. The van der Waals surface area contributed by atoms with E-state index >= 15 is 0 Å². The highest BCUT2D eigenvalue weighted by Gasteiger charge is 2.15. The quantitative estimate of drug-likeness (QED) is 0.375. The van der Waals surface area contributed by atoms with E-state index in [1.54, 1.807) is 30.3 Å². The highest BCUT2D eigenvalue weighted by atomic mass is 16.5. The van der Waals surface area contributed by atoms with E-state index in [9.17, 15) is 14.7 Å². The standard InChI is InChI=1S/C19H16N6O4/c1-2-29-14-8-10(9-4-6-13(20)12(7-9)19(27)28)3-5-11(14)16-21-17-15(18(26)22-16)23-25-24-17/h3-8H,2,20H2,1H3,(H,27,28)(H2,21,22,23,24,25,26). The van der Waals surface area contributed by atoms with Crippen LogP contribution in [0.4, 0.5) is 5.69 Å². The van der Waals surface area contributed by atoms with Gasteiger partial charge in [0.15, 0.2) is 11.2 Å². The van der Waals surface area contributed by atoms with Crippen LogP contribution in [0.3, 0.4) is 0 Å². The van der Waals surface area contributed by atoms with Crippen LogP contribution in [0.1, 0.15) is 17.3 Å². The average Bonchev–Trinajstić information content (AvgIpc) is 3.17. The second-order valence-corrected chi connectivity index (χ2v) is 6.17. The molecule has 0 spiro atoms. The van der Waals surface area contributed by atoms with Crippen LogP contribution in [0.15, 0.2) is 41.2 Å². The maximum atomic E-state index is 12.2. The topological polar surface area (TPSA) is 160 Å². The average molecular weight is 392 g/mol. The molecule has 2 aromatic carbocycles. The highest BCUT2D eigenvalue weighted by molar-refractivity contribution is 5.95. The maximum Gasteiger partial charge on any atom is 0.337 e. The van der Waals surface area contributed by atoms with Gasteiger partial charge in [-0.25, -0.2) is 14.9 Å². The number of H-pyrrole nitrogens is 2. The zero-order valence-electron chi connectivity index (χ0n) is 15.3. The Morgan fingerprint density at radius 1 is 1.21 bits per heavy atom. The zero-order chi connectivity index (χ0) is 20.5. The summed E-state index contributed by atoms with van der Waals surface area (Å²) >= 11 is 0. The van der Waals surface area contributed by atoms with Gasteiger partial charge in [0.1, 0.15) is 11.6 Å². The zero-order valence-corrected chi connectivity index (χ0v) is 15.3. The summed E-state index contributed by atoms with van der Waals surface area (Å²) in [5.41, 5.74) is 7.86. The van der Waals surface area contributed by atoms with Gasteiger partial charge in [0.2, 0.25) is 0 Å². The molecule has 0 atom stereocenters. The van der Waals surface area contributed by atoms with Gasteiger partial charge in [-0.3, -0.25) is 4.79 Å². The Bertz CT molecular complexity index is 1290. The van der Waals surface area contributed by atoms with E-state index in [-0.39, 0.29) is 22.4 Å². The number of nitrogens with two attached hydrogens (primary N) is 1. The summed E-state index contributed by atoms with van der Waals surface area (Å²) in [6.45, 7) is 2.22. The van der Waals surface area contributed by atoms with Crippen molar-refractivity contribution in [3.63, 3.8) is 0 Å². The summed E-state index contributed by atoms with van der Waals surface area (Å²) in [4.78, 5) is 30.6. The van der Waals surface area contributed by atoms with Crippen molar-refractivity contribution in [1.82, 2.24) is 25.4 Å². The molecule has 5 N–H and O–H groups in total. The van der Waals surface area contributed by atoms with Crippen molar-refractivity contribution in [3.8, 4) is 28.3 Å². The Labute approximate surface area is 163 Å². The number of benzene rings is 2. The molecule has 0 aliphatic carbocycles. The number of ether oxygens (including phenoxy) is 1. The normalized spacial score (nSPS) is 10.9. The lowest BCUT2D eigenvalue weighted by molar-refractivity contribution is 0.0698. The van der Waals surface area contributed by atoms with Crippen LogP contribution in [0.2, 0.25) is 0 Å². The molecule has 0 aliphatic rings. The minimum absolute atomic E-state index is 0.0210. The molecule has 0 radical (unpaired) electrons. The van der Waals surface area contributed by atoms with Gasteiger partial charge in [0.05, 0.1) is 17.7 Å². The number of carbonyl (C=O) groups is 1. The fourth-order valence-electron chi connectivity index (χ4n) is 2.98. The Balaban J connectivity index is 1.84. The molecule has 2 heterocycles. The molecule has 0 aliphatic heterocycles. The second kappa shape index (κ2) is 7.08. The maximum absolute atomic E-state index is 12.2. The van der Waals surface area contributed by atoms with E-state index in [4.69, 9.17) is 10.5 Å². The summed E-state index contributed by atoms with van der Waals surface area (Å²) in [5.74, 6) is -0.324. The SMILES string of the molecule is CCOc1cc(-c2ccc(N)c(C(=O)O)c2)ccc1-c1nc2[nH]nnc2c(=O)[nH]1. The number of carboxylic acids is 1. The number of nitrogens with zero attached hydrogens (tertiary/aromatic N) is 3. The van der Waals surface area contributed by atoms with Gasteiger partial charge in [-0.1, -0.05) is 17.3 Å². The molecule has 0 fully saturated rings. The van der Waals surface area contributed by atoms with Gasteiger partial charge in [-0.2, -0.15) is 0 Å². The molecule has 10 nitrogen and oxygen atoms in total.